The summed E-state index contributed by atoms with van der Waals surface area (Å²) in [5.41, 5.74) is 0.0495. The number of hydrogen-bond donors (Lipinski definition) is 0. The molecule has 0 aliphatic heterocycles. The van der Waals surface area contributed by atoms with E-state index in [2.05, 4.69) is 0 Å². The van der Waals surface area contributed by atoms with E-state index in [0.29, 0.717) is 0 Å². The zero-order chi connectivity index (χ0) is 23.0. The standard InChI is InChI=1S/C21H23NO8S/c1-3-29-20(23)19(21(24)30-4-2)18(15-10-12-16(13-11-15)22(25)26)14-31(27,28)17-8-6-5-7-9-17/h5-13,18-19H,3-4,14H2,1-2H3. The van der Waals surface area contributed by atoms with Gasteiger partial charge in [0.15, 0.2) is 15.8 Å². The van der Waals surface area contributed by atoms with Gasteiger partial charge in [-0.2, -0.15) is 0 Å². The number of rotatable bonds is 10. The fourth-order valence-electron chi connectivity index (χ4n) is 3.08. The normalized spacial score (nSPS) is 12.2. The molecule has 10 heteroatoms. The van der Waals surface area contributed by atoms with E-state index in [9.17, 15) is 28.1 Å². The van der Waals surface area contributed by atoms with Gasteiger partial charge in [-0.05, 0) is 31.5 Å². The first kappa shape index (κ1) is 24.0. The van der Waals surface area contributed by atoms with Crippen LogP contribution in [0, 0.1) is 16.0 Å². The molecule has 0 bridgehead atoms. The summed E-state index contributed by atoms with van der Waals surface area (Å²) in [7, 11) is -3.93. The number of nitro groups is 1. The quantitative estimate of drug-likeness (QED) is 0.234. The summed E-state index contributed by atoms with van der Waals surface area (Å²) >= 11 is 0. The SMILES string of the molecule is CCOC(=O)C(C(=O)OCC)C(CS(=O)(=O)c1ccccc1)c1ccc([N+](=O)[O-])cc1. The van der Waals surface area contributed by atoms with Crippen LogP contribution in [0.4, 0.5) is 5.69 Å². The van der Waals surface area contributed by atoms with Gasteiger partial charge in [-0.3, -0.25) is 19.7 Å². The van der Waals surface area contributed by atoms with Crippen LogP contribution in [-0.4, -0.2) is 44.2 Å². The fraction of sp³-hybridized carbons (Fsp3) is 0.333. The lowest BCUT2D eigenvalue weighted by molar-refractivity contribution is -0.384. The highest BCUT2D eigenvalue weighted by molar-refractivity contribution is 7.91. The van der Waals surface area contributed by atoms with E-state index in [1.165, 1.54) is 36.4 Å². The molecule has 31 heavy (non-hydrogen) atoms. The van der Waals surface area contributed by atoms with Crippen molar-refractivity contribution < 1.29 is 32.4 Å². The van der Waals surface area contributed by atoms with Crippen LogP contribution in [0.25, 0.3) is 0 Å². The monoisotopic (exact) mass is 449 g/mol. The largest absolute Gasteiger partial charge is 0.465 e. The van der Waals surface area contributed by atoms with E-state index in [4.69, 9.17) is 9.47 Å². The highest BCUT2D eigenvalue weighted by atomic mass is 32.2. The third-order valence-corrected chi connectivity index (χ3v) is 6.31. The number of nitrogens with zero attached hydrogens (tertiary/aromatic N) is 1. The van der Waals surface area contributed by atoms with Gasteiger partial charge in [-0.1, -0.05) is 30.3 Å². The van der Waals surface area contributed by atoms with Gasteiger partial charge in [-0.25, -0.2) is 8.42 Å². The molecule has 0 amide bonds. The van der Waals surface area contributed by atoms with Gasteiger partial charge in [0.05, 0.1) is 28.8 Å². The van der Waals surface area contributed by atoms with Crippen LogP contribution in [0.3, 0.4) is 0 Å². The number of carbonyl (C=O) groups excluding carboxylic acids is 2. The van der Waals surface area contributed by atoms with Crippen molar-refractivity contribution in [3.8, 4) is 0 Å². The van der Waals surface area contributed by atoms with Gasteiger partial charge in [0.2, 0.25) is 0 Å². The Hall–Kier alpha value is -3.27. The van der Waals surface area contributed by atoms with E-state index in [1.54, 1.807) is 32.0 Å². The van der Waals surface area contributed by atoms with E-state index in [0.717, 1.165) is 0 Å². The van der Waals surface area contributed by atoms with Crippen molar-refractivity contribution in [1.82, 2.24) is 0 Å². The highest BCUT2D eigenvalue weighted by Crippen LogP contribution is 2.32. The van der Waals surface area contributed by atoms with Crippen molar-refractivity contribution in [3.63, 3.8) is 0 Å². The summed E-state index contributed by atoms with van der Waals surface area (Å²) in [6.45, 7) is 3.07. The maximum atomic E-state index is 13.0. The van der Waals surface area contributed by atoms with Crippen molar-refractivity contribution in [2.45, 2.75) is 24.7 Å². The van der Waals surface area contributed by atoms with Gasteiger partial charge in [0, 0.05) is 18.1 Å². The number of benzene rings is 2. The molecule has 0 aromatic heterocycles. The molecular formula is C21H23NO8S. The predicted molar refractivity (Wildman–Crippen MR) is 111 cm³/mol. The molecular weight excluding hydrogens is 426 g/mol. The molecule has 0 radical (unpaired) electrons. The Kier molecular flexibility index (Phi) is 8.26. The molecule has 9 nitrogen and oxygen atoms in total. The second kappa shape index (κ2) is 10.7. The minimum absolute atomic E-state index is 0.0207. The van der Waals surface area contributed by atoms with Crippen molar-refractivity contribution in [2.24, 2.45) is 5.92 Å². The number of nitro benzene ring substituents is 1. The Morgan fingerprint density at radius 1 is 0.935 bits per heavy atom. The molecule has 1 atom stereocenters. The summed E-state index contributed by atoms with van der Waals surface area (Å²) in [5, 5.41) is 11.0. The lowest BCUT2D eigenvalue weighted by Crippen LogP contribution is -2.36. The molecule has 0 saturated carbocycles. The van der Waals surface area contributed by atoms with Crippen molar-refractivity contribution in [1.29, 1.82) is 0 Å². The minimum Gasteiger partial charge on any atom is -0.465 e. The third-order valence-electron chi connectivity index (χ3n) is 4.52. The van der Waals surface area contributed by atoms with Crippen LogP contribution >= 0.6 is 0 Å². The first-order valence-corrected chi connectivity index (χ1v) is 11.2. The summed E-state index contributed by atoms with van der Waals surface area (Å²) < 4.78 is 36.1. The Balaban J connectivity index is 2.57. The van der Waals surface area contributed by atoms with Gasteiger partial charge in [-0.15, -0.1) is 0 Å². The average Bonchev–Trinajstić information content (AvgIpc) is 2.74. The number of sulfone groups is 1. The second-order valence-electron chi connectivity index (χ2n) is 6.53. The topological polar surface area (TPSA) is 130 Å². The first-order valence-electron chi connectivity index (χ1n) is 9.56. The van der Waals surface area contributed by atoms with Crippen molar-refractivity contribution in [2.75, 3.05) is 19.0 Å². The molecule has 0 N–H and O–H groups in total. The van der Waals surface area contributed by atoms with Crippen LogP contribution < -0.4 is 0 Å². The average molecular weight is 449 g/mol. The number of hydrogen-bond acceptors (Lipinski definition) is 8. The predicted octanol–water partition coefficient (Wildman–Crippen LogP) is 2.89. The van der Waals surface area contributed by atoms with E-state index in [-0.39, 0.29) is 29.4 Å². The molecule has 0 fully saturated rings. The third kappa shape index (κ3) is 6.11. The summed E-state index contributed by atoms with van der Waals surface area (Å²) in [6.07, 6.45) is 0. The minimum atomic E-state index is -3.93. The van der Waals surface area contributed by atoms with E-state index < -0.39 is 44.3 Å². The molecule has 0 saturated heterocycles. The van der Waals surface area contributed by atoms with Crippen LogP contribution in [0.15, 0.2) is 59.5 Å². The smallest absolute Gasteiger partial charge is 0.320 e. The Labute approximate surface area is 180 Å². The van der Waals surface area contributed by atoms with E-state index >= 15 is 0 Å². The van der Waals surface area contributed by atoms with Gasteiger partial charge < -0.3 is 9.47 Å². The first-order chi connectivity index (χ1) is 14.7. The Bertz CT molecular complexity index is 1000. The van der Waals surface area contributed by atoms with Crippen LogP contribution in [0.2, 0.25) is 0 Å². The molecule has 0 aliphatic rings. The molecule has 1 unspecified atom stereocenters. The lowest BCUT2D eigenvalue weighted by atomic mass is 9.87. The summed E-state index contributed by atoms with van der Waals surface area (Å²) in [4.78, 5) is 35.7. The lowest BCUT2D eigenvalue weighted by Gasteiger charge is -2.24. The summed E-state index contributed by atoms with van der Waals surface area (Å²) in [6, 6.07) is 12.6. The Morgan fingerprint density at radius 2 is 1.45 bits per heavy atom. The maximum Gasteiger partial charge on any atom is 0.320 e. The van der Waals surface area contributed by atoms with Crippen molar-refractivity contribution in [3.05, 3.63) is 70.3 Å². The molecule has 0 heterocycles. The molecule has 2 aromatic carbocycles. The van der Waals surface area contributed by atoms with E-state index in [1.807, 2.05) is 0 Å². The zero-order valence-corrected chi connectivity index (χ0v) is 17.9. The summed E-state index contributed by atoms with van der Waals surface area (Å²) in [5.74, 6) is -5.18. The zero-order valence-electron chi connectivity index (χ0n) is 17.1. The second-order valence-corrected chi connectivity index (χ2v) is 8.57. The molecule has 2 aromatic rings. The molecule has 2 rings (SSSR count). The molecule has 0 aliphatic carbocycles. The van der Waals surface area contributed by atoms with Gasteiger partial charge >= 0.3 is 11.9 Å². The highest BCUT2D eigenvalue weighted by Gasteiger charge is 2.41. The number of non-ortho nitro benzene ring substituents is 1. The number of carbonyl (C=O) groups is 2. The Morgan fingerprint density at radius 3 is 1.90 bits per heavy atom. The molecule has 0 spiro atoms. The van der Waals surface area contributed by atoms with Crippen molar-refractivity contribution >= 4 is 27.5 Å². The van der Waals surface area contributed by atoms with Gasteiger partial charge in [0.1, 0.15) is 0 Å². The van der Waals surface area contributed by atoms with Gasteiger partial charge in [0.25, 0.3) is 5.69 Å². The molecule has 166 valence electrons. The van der Waals surface area contributed by atoms with Crippen LogP contribution in [0.1, 0.15) is 25.3 Å². The van der Waals surface area contributed by atoms with Crippen LogP contribution in [-0.2, 0) is 28.9 Å². The van der Waals surface area contributed by atoms with Crippen LogP contribution in [0.5, 0.6) is 0 Å². The number of ether oxygens (including phenoxy) is 2. The fourth-order valence-corrected chi connectivity index (χ4v) is 4.70. The number of esters is 2. The maximum absolute atomic E-state index is 13.0.